The number of carbonyl (C=O) groups excluding carboxylic acids is 1. The van der Waals surface area contributed by atoms with E-state index in [1.807, 2.05) is 28.8 Å². The van der Waals surface area contributed by atoms with E-state index in [1.54, 1.807) is 14.2 Å². The second-order valence-electron chi connectivity index (χ2n) is 4.30. The van der Waals surface area contributed by atoms with Crippen LogP contribution in [0, 0.1) is 11.8 Å². The number of carbonyl (C=O) groups is 1. The van der Waals surface area contributed by atoms with Gasteiger partial charge in [-0.05, 0) is 6.07 Å². The topological polar surface area (TPSA) is 49.7 Å². The van der Waals surface area contributed by atoms with Gasteiger partial charge in [0, 0.05) is 19.6 Å². The standard InChI is InChI=1S/C16H17NO4/c1-19-11-17-15-8-4-3-6-13(15)14(16(17)10-18)7-5-9-21-12-20-2/h3-4,6,8,10H,9,11-12H2,1-2H3. The molecule has 2 rings (SSSR count). The molecule has 21 heavy (non-hydrogen) atoms. The number of hydrogen-bond donors (Lipinski definition) is 0. The van der Waals surface area contributed by atoms with Crippen LogP contribution in [0.25, 0.3) is 10.9 Å². The molecule has 2 aromatic rings. The zero-order chi connectivity index (χ0) is 15.1. The summed E-state index contributed by atoms with van der Waals surface area (Å²) in [6, 6.07) is 7.71. The van der Waals surface area contributed by atoms with Gasteiger partial charge in [-0.2, -0.15) is 0 Å². The smallest absolute Gasteiger partial charge is 0.167 e. The molecule has 5 nitrogen and oxygen atoms in total. The van der Waals surface area contributed by atoms with Crippen LogP contribution in [0.1, 0.15) is 16.1 Å². The molecule has 0 fully saturated rings. The van der Waals surface area contributed by atoms with Crippen molar-refractivity contribution in [3.8, 4) is 11.8 Å². The van der Waals surface area contributed by atoms with Crippen LogP contribution >= 0.6 is 0 Å². The molecule has 0 unspecified atom stereocenters. The van der Waals surface area contributed by atoms with Gasteiger partial charge in [0.15, 0.2) is 6.29 Å². The number of fused-ring (bicyclic) bond motifs is 1. The summed E-state index contributed by atoms with van der Waals surface area (Å²) in [7, 11) is 3.14. The fraction of sp³-hybridized carbons (Fsp3) is 0.312. The summed E-state index contributed by atoms with van der Waals surface area (Å²) in [6.45, 7) is 0.743. The van der Waals surface area contributed by atoms with Crippen molar-refractivity contribution in [2.75, 3.05) is 27.6 Å². The van der Waals surface area contributed by atoms with E-state index >= 15 is 0 Å². The monoisotopic (exact) mass is 287 g/mol. The van der Waals surface area contributed by atoms with Crippen molar-refractivity contribution in [3.63, 3.8) is 0 Å². The van der Waals surface area contributed by atoms with Crippen LogP contribution in [0.5, 0.6) is 0 Å². The number of benzene rings is 1. The zero-order valence-electron chi connectivity index (χ0n) is 12.1. The van der Waals surface area contributed by atoms with Crippen molar-refractivity contribution >= 4 is 17.2 Å². The molecule has 0 saturated carbocycles. The molecule has 0 radical (unpaired) electrons. The average molecular weight is 287 g/mol. The first-order valence-corrected chi connectivity index (χ1v) is 6.44. The number of hydrogen-bond acceptors (Lipinski definition) is 4. The molecule has 0 N–H and O–H groups in total. The molecule has 0 saturated heterocycles. The van der Waals surface area contributed by atoms with Crippen LogP contribution in [0.2, 0.25) is 0 Å². The minimum Gasteiger partial charge on any atom is -0.364 e. The fourth-order valence-corrected chi connectivity index (χ4v) is 2.15. The van der Waals surface area contributed by atoms with Crippen molar-refractivity contribution in [1.82, 2.24) is 4.57 Å². The predicted octanol–water partition coefficient (Wildman–Crippen LogP) is 2.03. The Morgan fingerprint density at radius 2 is 2.05 bits per heavy atom. The van der Waals surface area contributed by atoms with Crippen LogP contribution < -0.4 is 0 Å². The van der Waals surface area contributed by atoms with Gasteiger partial charge in [0.1, 0.15) is 20.1 Å². The zero-order valence-corrected chi connectivity index (χ0v) is 12.1. The Morgan fingerprint density at radius 3 is 2.76 bits per heavy atom. The Hall–Kier alpha value is -2.13. The summed E-state index contributed by atoms with van der Waals surface area (Å²) in [4.78, 5) is 11.4. The van der Waals surface area contributed by atoms with Crippen LogP contribution in [0.3, 0.4) is 0 Å². The second kappa shape index (κ2) is 7.60. The van der Waals surface area contributed by atoms with Gasteiger partial charge < -0.3 is 18.8 Å². The van der Waals surface area contributed by atoms with E-state index in [1.165, 1.54) is 0 Å². The molecule has 1 aromatic carbocycles. The van der Waals surface area contributed by atoms with Crippen molar-refractivity contribution in [2.45, 2.75) is 6.73 Å². The highest BCUT2D eigenvalue weighted by atomic mass is 16.7. The molecule has 0 atom stereocenters. The van der Waals surface area contributed by atoms with Gasteiger partial charge in [0.25, 0.3) is 0 Å². The molecule has 5 heteroatoms. The SMILES string of the molecule is COCOCC#Cc1c(C=O)n(COC)c2ccccc12. The number of nitrogens with zero attached hydrogens (tertiary/aromatic N) is 1. The molecule has 0 amide bonds. The number of aromatic nitrogens is 1. The van der Waals surface area contributed by atoms with Crippen LogP contribution in [0.15, 0.2) is 24.3 Å². The third-order valence-corrected chi connectivity index (χ3v) is 2.97. The summed E-state index contributed by atoms with van der Waals surface area (Å²) < 4.78 is 16.9. The van der Waals surface area contributed by atoms with Crippen molar-refractivity contribution in [2.24, 2.45) is 0 Å². The minimum absolute atomic E-state index is 0.195. The van der Waals surface area contributed by atoms with Crippen molar-refractivity contribution in [1.29, 1.82) is 0 Å². The minimum atomic E-state index is 0.195. The highest BCUT2D eigenvalue weighted by Crippen LogP contribution is 2.24. The van der Waals surface area contributed by atoms with Crippen LogP contribution in [-0.4, -0.2) is 38.5 Å². The third-order valence-electron chi connectivity index (χ3n) is 2.97. The molecule has 0 aliphatic rings. The summed E-state index contributed by atoms with van der Waals surface area (Å²) in [5, 5.41) is 0.927. The Balaban J connectivity index is 2.43. The molecule has 0 aliphatic carbocycles. The molecule has 0 bridgehead atoms. The van der Waals surface area contributed by atoms with Gasteiger partial charge in [-0.1, -0.05) is 30.0 Å². The van der Waals surface area contributed by atoms with Gasteiger partial charge in [0.05, 0.1) is 16.8 Å². The molecular formula is C16H17NO4. The molecule has 110 valence electrons. The maximum absolute atomic E-state index is 11.4. The van der Waals surface area contributed by atoms with E-state index < -0.39 is 0 Å². The number of aldehydes is 1. The average Bonchev–Trinajstić information content (AvgIpc) is 2.81. The lowest BCUT2D eigenvalue weighted by molar-refractivity contribution is -0.0166. The first-order valence-electron chi connectivity index (χ1n) is 6.44. The van der Waals surface area contributed by atoms with E-state index in [4.69, 9.17) is 14.2 Å². The number of methoxy groups -OCH3 is 2. The van der Waals surface area contributed by atoms with Crippen LogP contribution in [-0.2, 0) is 20.9 Å². The lowest BCUT2D eigenvalue weighted by Gasteiger charge is -2.04. The van der Waals surface area contributed by atoms with Gasteiger partial charge in [0.2, 0.25) is 0 Å². The molecular weight excluding hydrogens is 270 g/mol. The number of para-hydroxylation sites is 1. The van der Waals surface area contributed by atoms with E-state index in [-0.39, 0.29) is 13.4 Å². The Labute approximate surface area is 123 Å². The highest BCUT2D eigenvalue weighted by Gasteiger charge is 2.14. The number of ether oxygens (including phenoxy) is 3. The predicted molar refractivity (Wildman–Crippen MR) is 79.0 cm³/mol. The maximum atomic E-state index is 11.4. The van der Waals surface area contributed by atoms with E-state index in [0.717, 1.165) is 17.2 Å². The molecule has 1 heterocycles. The van der Waals surface area contributed by atoms with Crippen LogP contribution in [0.4, 0.5) is 0 Å². The summed E-state index contributed by atoms with van der Waals surface area (Å²) in [5.41, 5.74) is 2.12. The molecule has 0 spiro atoms. The van der Waals surface area contributed by atoms with E-state index in [9.17, 15) is 4.79 Å². The summed E-state index contributed by atoms with van der Waals surface area (Å²) in [5.74, 6) is 5.90. The summed E-state index contributed by atoms with van der Waals surface area (Å²) in [6.07, 6.45) is 0.805. The highest BCUT2D eigenvalue weighted by molar-refractivity contribution is 5.96. The molecule has 1 aromatic heterocycles. The van der Waals surface area contributed by atoms with E-state index in [0.29, 0.717) is 18.0 Å². The lowest BCUT2D eigenvalue weighted by Crippen LogP contribution is -2.04. The fourth-order valence-electron chi connectivity index (χ4n) is 2.15. The normalized spacial score (nSPS) is 10.4. The molecule has 0 aliphatic heterocycles. The number of rotatable bonds is 6. The second-order valence-corrected chi connectivity index (χ2v) is 4.30. The Kier molecular flexibility index (Phi) is 5.52. The first-order chi connectivity index (χ1) is 10.3. The van der Waals surface area contributed by atoms with Gasteiger partial charge >= 0.3 is 0 Å². The van der Waals surface area contributed by atoms with Crippen molar-refractivity contribution < 1.29 is 19.0 Å². The van der Waals surface area contributed by atoms with Gasteiger partial charge in [-0.15, -0.1) is 0 Å². The third kappa shape index (κ3) is 3.31. The summed E-state index contributed by atoms with van der Waals surface area (Å²) >= 11 is 0. The Morgan fingerprint density at radius 1 is 1.24 bits per heavy atom. The first kappa shape index (κ1) is 15.3. The largest absolute Gasteiger partial charge is 0.364 e. The van der Waals surface area contributed by atoms with Gasteiger partial charge in [-0.3, -0.25) is 4.79 Å². The van der Waals surface area contributed by atoms with Crippen molar-refractivity contribution in [3.05, 3.63) is 35.5 Å². The quantitative estimate of drug-likeness (QED) is 0.353. The Bertz CT molecular complexity index is 679. The lowest BCUT2D eigenvalue weighted by atomic mass is 10.1. The maximum Gasteiger partial charge on any atom is 0.167 e. The van der Waals surface area contributed by atoms with E-state index in [2.05, 4.69) is 11.8 Å². The van der Waals surface area contributed by atoms with Gasteiger partial charge in [-0.25, -0.2) is 0 Å².